The van der Waals surface area contributed by atoms with Gasteiger partial charge in [-0.25, -0.2) is 9.79 Å². The van der Waals surface area contributed by atoms with E-state index in [4.69, 9.17) is 11.5 Å². The molecule has 0 aromatic carbocycles. The predicted molar refractivity (Wildman–Crippen MR) is 64.7 cm³/mol. The number of H-pyrrole nitrogens is 2. The number of hydrogen-bond acceptors (Lipinski definition) is 8. The summed E-state index contributed by atoms with van der Waals surface area (Å²) in [6, 6.07) is 0. The normalized spacial score (nSPS) is 17.3. The van der Waals surface area contributed by atoms with E-state index in [9.17, 15) is 19.5 Å². The van der Waals surface area contributed by atoms with Gasteiger partial charge in [0.15, 0.2) is 17.2 Å². The van der Waals surface area contributed by atoms with Crippen molar-refractivity contribution < 1.29 is 9.90 Å². The summed E-state index contributed by atoms with van der Waals surface area (Å²) in [6.45, 7) is 0. The van der Waals surface area contributed by atoms with Crippen molar-refractivity contribution in [2.24, 2.45) is 26.4 Å². The molecule has 11 heteroatoms. The second-order valence-electron chi connectivity index (χ2n) is 3.34. The van der Waals surface area contributed by atoms with Crippen molar-refractivity contribution in [3.05, 3.63) is 20.8 Å². The minimum atomic E-state index is -1.00. The number of rotatable bonds is 1. The highest BCUT2D eigenvalue weighted by Gasteiger charge is 2.22. The van der Waals surface area contributed by atoms with Crippen molar-refractivity contribution in [1.29, 1.82) is 0 Å². The Kier molecular flexibility index (Phi) is 2.71. The van der Waals surface area contributed by atoms with Crippen molar-refractivity contribution in [3.8, 4) is 5.88 Å². The molecular weight excluding hydrogens is 258 g/mol. The molecule has 0 unspecified atom stereocenters. The lowest BCUT2D eigenvalue weighted by Gasteiger charge is -2.07. The van der Waals surface area contributed by atoms with Crippen LogP contribution < -0.4 is 22.7 Å². The molecule has 0 radical (unpaired) electrons. The Morgan fingerprint density at radius 2 is 1.79 bits per heavy atom. The van der Waals surface area contributed by atoms with Crippen LogP contribution in [0.5, 0.6) is 5.88 Å². The molecule has 1 aromatic rings. The number of nitrogens with zero attached hydrogens (tertiary/aromatic N) is 3. The van der Waals surface area contributed by atoms with E-state index in [1.54, 1.807) is 0 Å². The first-order valence-electron chi connectivity index (χ1n) is 4.75. The van der Waals surface area contributed by atoms with E-state index in [2.05, 4.69) is 15.0 Å². The number of amides is 1. The summed E-state index contributed by atoms with van der Waals surface area (Å²) >= 11 is 0. The highest BCUT2D eigenvalue weighted by Crippen LogP contribution is 2.16. The number of aromatic hydroxyl groups is 1. The number of guanidine groups is 1. The molecule has 2 rings (SSSR count). The van der Waals surface area contributed by atoms with Crippen molar-refractivity contribution in [1.82, 2.24) is 9.97 Å². The first kappa shape index (κ1) is 12.2. The van der Waals surface area contributed by atoms with Gasteiger partial charge in [-0.2, -0.15) is 9.98 Å². The number of aromatic nitrogens is 2. The van der Waals surface area contributed by atoms with Gasteiger partial charge in [0, 0.05) is 0 Å². The maximum absolute atomic E-state index is 11.5. The van der Waals surface area contributed by atoms with Crippen molar-refractivity contribution >= 4 is 29.1 Å². The number of hydrogen-bond donors (Lipinski definition) is 5. The Hall–Kier alpha value is -3.24. The third-order valence-electron chi connectivity index (χ3n) is 2.02. The third-order valence-corrected chi connectivity index (χ3v) is 2.02. The quantitative estimate of drug-likeness (QED) is 0.360. The summed E-state index contributed by atoms with van der Waals surface area (Å²) < 4.78 is 0. The second-order valence-corrected chi connectivity index (χ2v) is 3.34. The summed E-state index contributed by atoms with van der Waals surface area (Å²) in [5, 5.41) is 9.39. The van der Waals surface area contributed by atoms with E-state index < -0.39 is 34.4 Å². The average molecular weight is 265 g/mol. The van der Waals surface area contributed by atoms with Gasteiger partial charge in [-0.05, 0) is 0 Å². The second kappa shape index (κ2) is 4.21. The first-order chi connectivity index (χ1) is 8.88. The van der Waals surface area contributed by atoms with E-state index >= 15 is 0 Å². The lowest BCUT2D eigenvalue weighted by atomic mass is 10.3. The molecule has 0 atom stereocenters. The molecule has 1 aliphatic rings. The number of carbonyl (C=O) groups excluding carboxylic acids is 1. The molecule has 0 saturated carbocycles. The van der Waals surface area contributed by atoms with Gasteiger partial charge in [-0.3, -0.25) is 19.6 Å². The van der Waals surface area contributed by atoms with Crippen LogP contribution in [0.1, 0.15) is 0 Å². The van der Waals surface area contributed by atoms with Gasteiger partial charge in [0.2, 0.25) is 11.8 Å². The van der Waals surface area contributed by atoms with Gasteiger partial charge in [0.25, 0.3) is 5.56 Å². The van der Waals surface area contributed by atoms with Crippen LogP contribution >= 0.6 is 0 Å². The molecule has 1 amide bonds. The smallest absolute Gasteiger partial charge is 0.328 e. The topological polar surface area (TPSA) is 192 Å². The predicted octanol–water partition coefficient (Wildman–Crippen LogP) is -2.95. The van der Waals surface area contributed by atoms with Gasteiger partial charge in [-0.15, -0.1) is 0 Å². The zero-order valence-electron chi connectivity index (χ0n) is 9.17. The highest BCUT2D eigenvalue weighted by atomic mass is 16.3. The van der Waals surface area contributed by atoms with Crippen LogP contribution in [0.25, 0.3) is 0 Å². The minimum absolute atomic E-state index is 0.346. The van der Waals surface area contributed by atoms with Crippen molar-refractivity contribution in [2.75, 3.05) is 0 Å². The molecule has 98 valence electrons. The Balaban J connectivity index is 2.61. The van der Waals surface area contributed by atoms with Gasteiger partial charge >= 0.3 is 11.6 Å². The number of nitrogens with one attached hydrogen (secondary N) is 2. The average Bonchev–Trinajstić information content (AvgIpc) is 2.25. The number of amidine groups is 1. The molecule has 0 aliphatic carbocycles. The van der Waals surface area contributed by atoms with Crippen LogP contribution in [-0.4, -0.2) is 38.5 Å². The van der Waals surface area contributed by atoms with Crippen molar-refractivity contribution in [3.63, 3.8) is 0 Å². The molecule has 1 aliphatic heterocycles. The summed E-state index contributed by atoms with van der Waals surface area (Å²) in [7, 11) is 0. The zero-order valence-corrected chi connectivity index (χ0v) is 9.17. The molecule has 2 heterocycles. The molecule has 19 heavy (non-hydrogen) atoms. The molecule has 1 aromatic heterocycles. The first-order valence-corrected chi connectivity index (χ1v) is 4.75. The van der Waals surface area contributed by atoms with Crippen LogP contribution in [0.2, 0.25) is 0 Å². The van der Waals surface area contributed by atoms with E-state index in [1.807, 2.05) is 9.97 Å². The van der Waals surface area contributed by atoms with Gasteiger partial charge in [0.05, 0.1) is 0 Å². The maximum atomic E-state index is 11.5. The number of aliphatic imine (C=N–C) groups is 3. The van der Waals surface area contributed by atoms with Gasteiger partial charge in [-0.1, -0.05) is 0 Å². The minimum Gasteiger partial charge on any atom is -0.493 e. The summed E-state index contributed by atoms with van der Waals surface area (Å²) in [6.07, 6.45) is 0. The lowest BCUT2D eigenvalue weighted by molar-refractivity contribution is -0.111. The molecule has 7 N–H and O–H groups in total. The fourth-order valence-electron chi connectivity index (χ4n) is 1.26. The molecular formula is C8H7N7O4. The summed E-state index contributed by atoms with van der Waals surface area (Å²) in [5.41, 5.74) is 7.60. The standard InChI is InChI=1S/C8H7N7O4/c9-3-1(4(16)13-7(10)12-3)11-2-5(17)14-8(19)15-6(2)18/h(H4,9,10,12,13,16)(H3,14,15,17,18,19). The Morgan fingerprint density at radius 1 is 1.11 bits per heavy atom. The van der Waals surface area contributed by atoms with Gasteiger partial charge in [0.1, 0.15) is 0 Å². The number of nitrogens with two attached hydrogens (primary N) is 2. The van der Waals surface area contributed by atoms with Crippen LogP contribution in [0, 0.1) is 0 Å². The highest BCUT2D eigenvalue weighted by molar-refractivity contribution is 6.68. The van der Waals surface area contributed by atoms with Crippen LogP contribution in [0.15, 0.2) is 24.6 Å². The largest absolute Gasteiger partial charge is 0.493 e. The van der Waals surface area contributed by atoms with Crippen molar-refractivity contribution in [2.45, 2.75) is 0 Å². The Morgan fingerprint density at radius 3 is 2.37 bits per heavy atom. The van der Waals surface area contributed by atoms with E-state index in [-0.39, 0.29) is 11.8 Å². The number of aromatic amines is 2. The monoisotopic (exact) mass is 265 g/mol. The zero-order chi connectivity index (χ0) is 14.2. The number of carbonyl (C=O) groups is 1. The summed E-state index contributed by atoms with van der Waals surface area (Å²) in [5.74, 6) is -2.44. The van der Waals surface area contributed by atoms with Gasteiger partial charge < -0.3 is 16.6 Å². The lowest BCUT2D eigenvalue weighted by Crippen LogP contribution is -2.37. The molecule has 11 nitrogen and oxygen atoms in total. The molecule has 0 fully saturated rings. The van der Waals surface area contributed by atoms with E-state index in [0.717, 1.165) is 0 Å². The maximum Gasteiger partial charge on any atom is 0.328 e. The van der Waals surface area contributed by atoms with E-state index in [0.29, 0.717) is 0 Å². The molecule has 0 saturated heterocycles. The van der Waals surface area contributed by atoms with Crippen LogP contribution in [0.4, 0.5) is 5.69 Å². The third kappa shape index (κ3) is 2.24. The van der Waals surface area contributed by atoms with Crippen LogP contribution in [0.3, 0.4) is 0 Å². The summed E-state index contributed by atoms with van der Waals surface area (Å²) in [4.78, 5) is 47.8. The van der Waals surface area contributed by atoms with E-state index in [1.165, 1.54) is 0 Å². The fourth-order valence-corrected chi connectivity index (χ4v) is 1.26. The Bertz CT molecular complexity index is 766. The molecule has 0 bridgehead atoms. The SMILES string of the molecule is NC1=NC(=O)C(=Nc2c(O)[nH]c(=O)[nH]c2=O)C(N)=N1. The molecule has 0 spiro atoms. The Labute approximate surface area is 103 Å². The van der Waals surface area contributed by atoms with Crippen LogP contribution in [-0.2, 0) is 4.79 Å². The fraction of sp³-hybridized carbons (Fsp3) is 0.